The molecule has 1 unspecified atom stereocenters. The summed E-state index contributed by atoms with van der Waals surface area (Å²) < 4.78 is 14.0. The summed E-state index contributed by atoms with van der Waals surface area (Å²) in [5.41, 5.74) is 3.26. The largest absolute Gasteiger partial charge is 0.424 e. The number of hydrogen-bond donors (Lipinski definition) is 1. The Hall–Kier alpha value is -3.43. The van der Waals surface area contributed by atoms with Crippen LogP contribution in [-0.4, -0.2) is 42.7 Å². The standard InChI is InChI=1S/C25H24N6O2S/c1-2-7-17(8-3-1)13-22-27-28-23(33-22)16-34-25-30-29-24(31(25)15-18-9-6-12-32-18)20-14-26-21-11-5-4-10-19(20)21/h1-5,7-8,10-11,14,18,26H,6,9,12-13,15-16H2. The Balaban J connectivity index is 1.24. The molecule has 172 valence electrons. The summed E-state index contributed by atoms with van der Waals surface area (Å²) in [7, 11) is 0. The zero-order valence-corrected chi connectivity index (χ0v) is 19.4. The van der Waals surface area contributed by atoms with Gasteiger partial charge in [-0.2, -0.15) is 0 Å². The number of benzene rings is 2. The van der Waals surface area contributed by atoms with Gasteiger partial charge in [-0.15, -0.1) is 20.4 Å². The lowest BCUT2D eigenvalue weighted by Crippen LogP contribution is -2.16. The number of aromatic amines is 1. The van der Waals surface area contributed by atoms with Gasteiger partial charge in [-0.1, -0.05) is 60.3 Å². The number of aromatic nitrogens is 6. The topological polar surface area (TPSA) is 94.7 Å². The van der Waals surface area contributed by atoms with Crippen LogP contribution in [0.2, 0.25) is 0 Å². The van der Waals surface area contributed by atoms with Gasteiger partial charge in [-0.3, -0.25) is 4.57 Å². The van der Waals surface area contributed by atoms with E-state index in [0.717, 1.165) is 52.5 Å². The van der Waals surface area contributed by atoms with Crippen LogP contribution in [0.15, 0.2) is 70.4 Å². The first-order valence-electron chi connectivity index (χ1n) is 11.4. The molecule has 5 aromatic rings. The van der Waals surface area contributed by atoms with Crippen LogP contribution in [0.4, 0.5) is 0 Å². The lowest BCUT2D eigenvalue weighted by Gasteiger charge is -2.14. The molecule has 6 rings (SSSR count). The zero-order chi connectivity index (χ0) is 22.7. The Kier molecular flexibility index (Phi) is 5.86. The fourth-order valence-corrected chi connectivity index (χ4v) is 5.11. The van der Waals surface area contributed by atoms with Gasteiger partial charge in [0, 0.05) is 29.3 Å². The van der Waals surface area contributed by atoms with Gasteiger partial charge in [-0.25, -0.2) is 0 Å². The highest BCUT2D eigenvalue weighted by molar-refractivity contribution is 7.98. The van der Waals surface area contributed by atoms with E-state index in [9.17, 15) is 0 Å². The summed E-state index contributed by atoms with van der Waals surface area (Å²) in [4.78, 5) is 3.34. The molecule has 1 saturated heterocycles. The quantitative estimate of drug-likeness (QED) is 0.322. The molecule has 1 aliphatic rings. The third kappa shape index (κ3) is 4.36. The van der Waals surface area contributed by atoms with Crippen LogP contribution in [0.5, 0.6) is 0 Å². The monoisotopic (exact) mass is 472 g/mol. The molecule has 0 aliphatic carbocycles. The van der Waals surface area contributed by atoms with Crippen molar-refractivity contribution >= 4 is 22.7 Å². The number of ether oxygens (including phenoxy) is 1. The van der Waals surface area contributed by atoms with Gasteiger partial charge in [0.1, 0.15) is 0 Å². The van der Waals surface area contributed by atoms with Gasteiger partial charge in [0.25, 0.3) is 0 Å². The lowest BCUT2D eigenvalue weighted by molar-refractivity contribution is 0.0953. The summed E-state index contributed by atoms with van der Waals surface area (Å²) in [6.07, 6.45) is 4.92. The highest BCUT2D eigenvalue weighted by atomic mass is 32.2. The van der Waals surface area contributed by atoms with Gasteiger partial charge in [0.05, 0.1) is 24.8 Å². The second-order valence-electron chi connectivity index (χ2n) is 8.34. The van der Waals surface area contributed by atoms with E-state index < -0.39 is 0 Å². The van der Waals surface area contributed by atoms with E-state index >= 15 is 0 Å². The molecule has 1 atom stereocenters. The van der Waals surface area contributed by atoms with Gasteiger partial charge in [-0.05, 0) is 24.5 Å². The van der Waals surface area contributed by atoms with Gasteiger partial charge in [0.15, 0.2) is 11.0 Å². The van der Waals surface area contributed by atoms with E-state index in [1.54, 1.807) is 11.8 Å². The molecular weight excluding hydrogens is 448 g/mol. The second kappa shape index (κ2) is 9.44. The SMILES string of the molecule is c1ccc(Cc2nnc(CSc3nnc(-c4c[nH]c5ccccc45)n3CC3CCCO3)o2)cc1. The fourth-order valence-electron chi connectivity index (χ4n) is 4.32. The van der Waals surface area contributed by atoms with E-state index in [2.05, 4.69) is 54.2 Å². The normalized spacial score (nSPS) is 15.9. The second-order valence-corrected chi connectivity index (χ2v) is 9.28. The van der Waals surface area contributed by atoms with Crippen molar-refractivity contribution in [3.8, 4) is 11.4 Å². The van der Waals surface area contributed by atoms with Crippen molar-refractivity contribution in [2.24, 2.45) is 0 Å². The molecule has 0 bridgehead atoms. The Morgan fingerprint density at radius 3 is 2.71 bits per heavy atom. The van der Waals surface area contributed by atoms with E-state index in [1.165, 1.54) is 0 Å². The number of H-pyrrole nitrogens is 1. The minimum atomic E-state index is 0.167. The number of nitrogens with one attached hydrogen (secondary N) is 1. The Labute approximate surface area is 200 Å². The van der Waals surface area contributed by atoms with Crippen LogP contribution in [0.3, 0.4) is 0 Å². The van der Waals surface area contributed by atoms with Crippen molar-refractivity contribution < 1.29 is 9.15 Å². The van der Waals surface area contributed by atoms with Crippen LogP contribution in [0, 0.1) is 0 Å². The minimum absolute atomic E-state index is 0.167. The smallest absolute Gasteiger partial charge is 0.226 e. The molecule has 8 nitrogen and oxygen atoms in total. The average molecular weight is 473 g/mol. The van der Waals surface area contributed by atoms with Gasteiger partial charge < -0.3 is 14.1 Å². The number of fused-ring (bicyclic) bond motifs is 1. The molecule has 0 radical (unpaired) electrons. The highest BCUT2D eigenvalue weighted by Crippen LogP contribution is 2.32. The highest BCUT2D eigenvalue weighted by Gasteiger charge is 2.23. The van der Waals surface area contributed by atoms with Crippen molar-refractivity contribution in [2.75, 3.05) is 6.61 Å². The van der Waals surface area contributed by atoms with E-state index in [4.69, 9.17) is 9.15 Å². The van der Waals surface area contributed by atoms with Crippen molar-refractivity contribution in [1.29, 1.82) is 0 Å². The Morgan fingerprint density at radius 1 is 0.971 bits per heavy atom. The maximum atomic E-state index is 5.93. The Bertz CT molecular complexity index is 1390. The number of para-hydroxylation sites is 1. The van der Waals surface area contributed by atoms with Crippen molar-refractivity contribution in [1.82, 2.24) is 29.9 Å². The Morgan fingerprint density at radius 2 is 1.82 bits per heavy atom. The van der Waals surface area contributed by atoms with Gasteiger partial charge in [0.2, 0.25) is 11.8 Å². The summed E-state index contributed by atoms with van der Waals surface area (Å²) in [5, 5.41) is 19.5. The van der Waals surface area contributed by atoms with Gasteiger partial charge >= 0.3 is 0 Å². The maximum Gasteiger partial charge on any atom is 0.226 e. The average Bonchev–Trinajstić information content (AvgIpc) is 3.67. The zero-order valence-electron chi connectivity index (χ0n) is 18.6. The number of hydrogen-bond acceptors (Lipinski definition) is 7. The summed E-state index contributed by atoms with van der Waals surface area (Å²) in [5.74, 6) is 2.56. The molecule has 0 amide bonds. The minimum Gasteiger partial charge on any atom is -0.424 e. The summed E-state index contributed by atoms with van der Waals surface area (Å²) in [6, 6.07) is 18.4. The first-order chi connectivity index (χ1) is 16.8. The number of rotatable bonds is 8. The third-order valence-corrected chi connectivity index (χ3v) is 6.94. The number of nitrogens with zero attached hydrogens (tertiary/aromatic N) is 5. The van der Waals surface area contributed by atoms with Crippen molar-refractivity contribution in [3.63, 3.8) is 0 Å². The molecule has 1 fully saturated rings. The molecule has 1 aliphatic heterocycles. The lowest BCUT2D eigenvalue weighted by atomic mass is 10.1. The van der Waals surface area contributed by atoms with Crippen molar-refractivity contribution in [2.45, 2.75) is 42.8 Å². The maximum absolute atomic E-state index is 5.93. The predicted octanol–water partition coefficient (Wildman–Crippen LogP) is 4.87. The molecule has 4 heterocycles. The van der Waals surface area contributed by atoms with Crippen LogP contribution < -0.4 is 0 Å². The van der Waals surface area contributed by atoms with Crippen LogP contribution >= 0.6 is 11.8 Å². The van der Waals surface area contributed by atoms with Crippen LogP contribution in [0.1, 0.15) is 30.2 Å². The molecule has 34 heavy (non-hydrogen) atoms. The van der Waals surface area contributed by atoms with Crippen LogP contribution in [-0.2, 0) is 23.5 Å². The predicted molar refractivity (Wildman–Crippen MR) is 129 cm³/mol. The molecule has 0 saturated carbocycles. The van der Waals surface area contributed by atoms with E-state index in [0.29, 0.717) is 30.5 Å². The molecule has 2 aromatic carbocycles. The first-order valence-corrected chi connectivity index (χ1v) is 12.4. The first kappa shape index (κ1) is 21.1. The summed E-state index contributed by atoms with van der Waals surface area (Å²) >= 11 is 1.55. The number of thioether (sulfide) groups is 1. The molecule has 9 heteroatoms. The molecular formula is C25H24N6O2S. The van der Waals surface area contributed by atoms with E-state index in [-0.39, 0.29) is 6.10 Å². The molecule has 1 N–H and O–H groups in total. The summed E-state index contributed by atoms with van der Waals surface area (Å²) in [6.45, 7) is 1.52. The molecule has 0 spiro atoms. The third-order valence-electron chi connectivity index (χ3n) is 5.99. The van der Waals surface area contributed by atoms with Crippen LogP contribution in [0.25, 0.3) is 22.3 Å². The fraction of sp³-hybridized carbons (Fsp3) is 0.280. The molecule has 3 aromatic heterocycles. The van der Waals surface area contributed by atoms with E-state index in [1.807, 2.05) is 36.5 Å². The van der Waals surface area contributed by atoms with Crippen molar-refractivity contribution in [3.05, 3.63) is 78.1 Å².